The smallest absolute Gasteiger partial charge is 0.387 e. The molecule has 0 saturated carbocycles. The third kappa shape index (κ3) is 3.98. The first-order valence-corrected chi connectivity index (χ1v) is 7.48. The van der Waals surface area contributed by atoms with Crippen molar-refractivity contribution in [3.8, 4) is 5.88 Å². The number of carbonyl (C=O) groups is 1. The number of amides is 1. The van der Waals surface area contributed by atoms with Crippen LogP contribution >= 0.6 is 11.3 Å². The van der Waals surface area contributed by atoms with Crippen LogP contribution in [0.2, 0.25) is 0 Å². The molecule has 0 aliphatic rings. The Morgan fingerprint density at radius 2 is 2.13 bits per heavy atom. The number of aromatic nitrogens is 4. The van der Waals surface area contributed by atoms with Gasteiger partial charge in [0.15, 0.2) is 10.9 Å². The summed E-state index contributed by atoms with van der Waals surface area (Å²) in [6.07, 6.45) is 5.52. The van der Waals surface area contributed by atoms with E-state index in [4.69, 9.17) is 4.74 Å². The summed E-state index contributed by atoms with van der Waals surface area (Å²) in [5, 5.41) is 7.82. The fourth-order valence-corrected chi connectivity index (χ4v) is 2.34. The quantitative estimate of drug-likeness (QED) is 0.759. The van der Waals surface area contributed by atoms with Crippen LogP contribution < -0.4 is 15.4 Å². The van der Waals surface area contributed by atoms with Gasteiger partial charge in [-0.3, -0.25) is 10.3 Å². The Bertz CT molecular complexity index is 808. The average molecular weight is 328 g/mol. The molecule has 116 valence electrons. The van der Waals surface area contributed by atoms with Crippen molar-refractivity contribution in [3.63, 3.8) is 0 Å². The lowest BCUT2D eigenvalue weighted by Gasteiger charge is -2.09. The maximum atomic E-state index is 11.9. The van der Waals surface area contributed by atoms with Gasteiger partial charge in [0.25, 0.3) is 5.88 Å². The number of aryl methyl sites for hydroxylation is 1. The van der Waals surface area contributed by atoms with Crippen LogP contribution in [0.25, 0.3) is 0 Å². The number of ether oxygens (including phenoxy) is 1. The highest BCUT2D eigenvalue weighted by Crippen LogP contribution is 2.22. The highest BCUT2D eigenvalue weighted by molar-refractivity contribution is 7.13. The zero-order valence-corrected chi connectivity index (χ0v) is 12.9. The molecule has 0 aromatic carbocycles. The van der Waals surface area contributed by atoms with Crippen molar-refractivity contribution < 1.29 is 9.53 Å². The number of hydrogen-bond donors (Lipinski definition) is 2. The van der Waals surface area contributed by atoms with E-state index in [2.05, 4.69) is 30.6 Å². The molecule has 3 rings (SSSR count). The number of hydrogen-bond acceptors (Lipinski definition) is 8. The van der Waals surface area contributed by atoms with Gasteiger partial charge < -0.3 is 10.1 Å². The predicted molar refractivity (Wildman–Crippen MR) is 86.0 cm³/mol. The molecule has 0 bridgehead atoms. The molecule has 0 unspecified atom stereocenters. The second kappa shape index (κ2) is 6.79. The Hall–Kier alpha value is -3.07. The van der Waals surface area contributed by atoms with E-state index in [0.29, 0.717) is 16.6 Å². The van der Waals surface area contributed by atoms with E-state index >= 15 is 0 Å². The summed E-state index contributed by atoms with van der Waals surface area (Å²) in [6.45, 7) is 1.84. The van der Waals surface area contributed by atoms with Gasteiger partial charge in [0, 0.05) is 24.0 Å². The van der Waals surface area contributed by atoms with Crippen LogP contribution in [0.4, 0.5) is 21.4 Å². The molecule has 0 aliphatic carbocycles. The standard InChI is InChI=1S/C14H12N6O2S/c1-9-8-23-13(18-9)20-14(21)22-12-11(16-5-6-17-12)19-10-3-2-4-15-7-10/h2-8H,1H3,(H,16,19)(H,18,20,21). The van der Waals surface area contributed by atoms with Gasteiger partial charge in [-0.1, -0.05) is 0 Å². The van der Waals surface area contributed by atoms with Crippen molar-refractivity contribution >= 4 is 34.1 Å². The van der Waals surface area contributed by atoms with E-state index in [-0.39, 0.29) is 5.88 Å². The third-order valence-corrected chi connectivity index (χ3v) is 3.48. The molecule has 9 heteroatoms. The molecule has 0 saturated heterocycles. The van der Waals surface area contributed by atoms with Gasteiger partial charge in [0.05, 0.1) is 17.6 Å². The van der Waals surface area contributed by atoms with E-state index in [1.165, 1.54) is 23.7 Å². The summed E-state index contributed by atoms with van der Waals surface area (Å²) >= 11 is 1.31. The van der Waals surface area contributed by atoms with E-state index in [1.807, 2.05) is 18.4 Å². The number of pyridine rings is 1. The second-order valence-electron chi connectivity index (χ2n) is 4.39. The van der Waals surface area contributed by atoms with E-state index in [0.717, 1.165) is 5.69 Å². The lowest BCUT2D eigenvalue weighted by molar-refractivity contribution is 0.213. The molecule has 23 heavy (non-hydrogen) atoms. The molecule has 1 amide bonds. The van der Waals surface area contributed by atoms with E-state index < -0.39 is 6.09 Å². The molecular formula is C14H12N6O2S. The summed E-state index contributed by atoms with van der Waals surface area (Å²) in [4.78, 5) is 28.2. The largest absolute Gasteiger partial charge is 0.420 e. The lowest BCUT2D eigenvalue weighted by atomic mass is 10.4. The molecular weight excluding hydrogens is 316 g/mol. The normalized spacial score (nSPS) is 10.1. The molecule has 0 spiro atoms. The first-order chi connectivity index (χ1) is 11.2. The highest BCUT2D eigenvalue weighted by Gasteiger charge is 2.13. The van der Waals surface area contributed by atoms with Crippen molar-refractivity contribution in [2.45, 2.75) is 6.92 Å². The monoisotopic (exact) mass is 328 g/mol. The molecule has 2 N–H and O–H groups in total. The van der Waals surface area contributed by atoms with Crippen LogP contribution in [0.3, 0.4) is 0 Å². The maximum Gasteiger partial charge on any atom is 0.420 e. The zero-order valence-electron chi connectivity index (χ0n) is 12.1. The molecule has 0 radical (unpaired) electrons. The number of nitrogens with zero attached hydrogens (tertiary/aromatic N) is 4. The van der Waals surface area contributed by atoms with Gasteiger partial charge in [-0.2, -0.15) is 0 Å². The Labute approximate surface area is 135 Å². The van der Waals surface area contributed by atoms with Crippen molar-refractivity contribution in [1.29, 1.82) is 0 Å². The number of nitrogens with one attached hydrogen (secondary N) is 2. The summed E-state index contributed by atoms with van der Waals surface area (Å²) in [7, 11) is 0. The van der Waals surface area contributed by atoms with E-state index in [1.54, 1.807) is 18.5 Å². The molecule has 0 fully saturated rings. The number of anilines is 3. The van der Waals surface area contributed by atoms with Gasteiger partial charge in [-0.05, 0) is 19.1 Å². The molecule has 0 aliphatic heterocycles. The fourth-order valence-electron chi connectivity index (χ4n) is 1.67. The Balaban J connectivity index is 1.71. The van der Waals surface area contributed by atoms with Crippen LogP contribution in [-0.4, -0.2) is 26.0 Å². The SMILES string of the molecule is Cc1csc(NC(=O)Oc2nccnc2Nc2cccnc2)n1. The van der Waals surface area contributed by atoms with Crippen LogP contribution in [0.1, 0.15) is 5.69 Å². The van der Waals surface area contributed by atoms with Crippen LogP contribution in [-0.2, 0) is 0 Å². The van der Waals surface area contributed by atoms with Crippen LogP contribution in [0, 0.1) is 6.92 Å². The van der Waals surface area contributed by atoms with Gasteiger partial charge in [0.2, 0.25) is 0 Å². The molecule has 0 atom stereocenters. The second-order valence-corrected chi connectivity index (χ2v) is 5.24. The number of rotatable bonds is 4. The first-order valence-electron chi connectivity index (χ1n) is 6.60. The fraction of sp³-hybridized carbons (Fsp3) is 0.0714. The van der Waals surface area contributed by atoms with Gasteiger partial charge in [0.1, 0.15) is 0 Å². The maximum absolute atomic E-state index is 11.9. The predicted octanol–water partition coefficient (Wildman–Crippen LogP) is 2.99. The summed E-state index contributed by atoms with van der Waals surface area (Å²) in [5.41, 5.74) is 1.53. The topological polar surface area (TPSA) is 102 Å². The van der Waals surface area contributed by atoms with Crippen LogP contribution in [0.5, 0.6) is 5.88 Å². The molecule has 8 nitrogen and oxygen atoms in total. The summed E-state index contributed by atoms with van der Waals surface area (Å²) < 4.78 is 5.19. The minimum Gasteiger partial charge on any atom is -0.387 e. The van der Waals surface area contributed by atoms with Crippen LogP contribution in [0.15, 0.2) is 42.3 Å². The van der Waals surface area contributed by atoms with E-state index in [9.17, 15) is 4.79 Å². The molecule has 3 heterocycles. The Kier molecular flexibility index (Phi) is 4.39. The van der Waals surface area contributed by atoms with Gasteiger partial charge in [-0.15, -0.1) is 11.3 Å². The van der Waals surface area contributed by atoms with Crippen molar-refractivity contribution in [2.24, 2.45) is 0 Å². The highest BCUT2D eigenvalue weighted by atomic mass is 32.1. The molecule has 3 aromatic rings. The van der Waals surface area contributed by atoms with Crippen molar-refractivity contribution in [3.05, 3.63) is 48.0 Å². The average Bonchev–Trinajstić information content (AvgIpc) is 2.95. The Morgan fingerprint density at radius 1 is 1.26 bits per heavy atom. The van der Waals surface area contributed by atoms with Crippen molar-refractivity contribution in [1.82, 2.24) is 19.9 Å². The first kappa shape index (κ1) is 14.9. The Morgan fingerprint density at radius 3 is 2.87 bits per heavy atom. The van der Waals surface area contributed by atoms with Gasteiger partial charge in [-0.25, -0.2) is 19.7 Å². The number of carbonyl (C=O) groups excluding carboxylic acids is 1. The lowest BCUT2D eigenvalue weighted by Crippen LogP contribution is -2.18. The minimum atomic E-state index is -0.686. The number of thiazole rings is 1. The van der Waals surface area contributed by atoms with Gasteiger partial charge >= 0.3 is 6.09 Å². The third-order valence-electron chi connectivity index (χ3n) is 2.61. The minimum absolute atomic E-state index is 0.0575. The van der Waals surface area contributed by atoms with Crippen molar-refractivity contribution in [2.75, 3.05) is 10.6 Å². The summed E-state index contributed by atoms with van der Waals surface area (Å²) in [6, 6.07) is 3.58. The molecule has 3 aromatic heterocycles. The zero-order chi connectivity index (χ0) is 16.1. The summed E-state index contributed by atoms with van der Waals surface area (Å²) in [5.74, 6) is 0.369.